The smallest absolute Gasteiger partial charge is 0.271 e. The van der Waals surface area contributed by atoms with E-state index in [1.165, 1.54) is 13.1 Å². The number of H-pyrrole nitrogens is 1. The number of benzene rings is 1. The highest BCUT2D eigenvalue weighted by Crippen LogP contribution is 2.47. The van der Waals surface area contributed by atoms with Crippen LogP contribution in [-0.4, -0.2) is 30.4 Å². The van der Waals surface area contributed by atoms with Gasteiger partial charge in [0.15, 0.2) is 5.75 Å². The molecule has 1 aliphatic rings. The fourth-order valence-electron chi connectivity index (χ4n) is 2.97. The summed E-state index contributed by atoms with van der Waals surface area (Å²) in [5.74, 6) is -0.928. The van der Waals surface area contributed by atoms with Crippen molar-refractivity contribution >= 4 is 11.8 Å². The molecule has 0 spiro atoms. The lowest BCUT2D eigenvalue weighted by molar-refractivity contribution is 0.0951. The Morgan fingerprint density at radius 1 is 1.29 bits per heavy atom. The third kappa shape index (κ3) is 2.33. The fourth-order valence-corrected chi connectivity index (χ4v) is 2.97. The molecule has 24 heavy (non-hydrogen) atoms. The molecule has 6 nitrogen and oxygen atoms in total. The van der Waals surface area contributed by atoms with E-state index in [1.54, 1.807) is 26.0 Å². The van der Waals surface area contributed by atoms with Crippen molar-refractivity contribution in [2.45, 2.75) is 20.0 Å². The van der Waals surface area contributed by atoms with E-state index in [0.717, 1.165) is 0 Å². The first-order chi connectivity index (χ1) is 11.5. The number of amides is 2. The van der Waals surface area contributed by atoms with Gasteiger partial charge in [0.25, 0.3) is 11.8 Å². The van der Waals surface area contributed by atoms with E-state index in [-0.39, 0.29) is 23.0 Å². The lowest BCUT2D eigenvalue weighted by Gasteiger charge is -2.25. The number of halogens is 1. The monoisotopic (exact) mass is 331 g/mol. The predicted octanol–water partition coefficient (Wildman–Crippen LogP) is 2.38. The maximum atomic E-state index is 14.3. The van der Waals surface area contributed by atoms with Crippen molar-refractivity contribution in [3.8, 4) is 16.9 Å². The molecule has 126 valence electrons. The van der Waals surface area contributed by atoms with Crippen LogP contribution in [0, 0.1) is 5.82 Å². The molecule has 1 atom stereocenters. The largest absolute Gasteiger partial charge is 0.483 e. The first-order valence-electron chi connectivity index (χ1n) is 7.71. The van der Waals surface area contributed by atoms with Crippen molar-refractivity contribution in [1.29, 1.82) is 0 Å². The zero-order valence-corrected chi connectivity index (χ0v) is 13.6. The van der Waals surface area contributed by atoms with Crippen LogP contribution < -0.4 is 15.4 Å². The number of carbonyl (C=O) groups is 2. The SMILES string of the molecule is CCNC(=O)c1[nH]c(C(=O)NC)c2c1-c1cccc(F)c1C(C)O2. The van der Waals surface area contributed by atoms with E-state index in [1.807, 2.05) is 0 Å². The van der Waals surface area contributed by atoms with Crippen LogP contribution in [0.5, 0.6) is 5.75 Å². The van der Waals surface area contributed by atoms with Gasteiger partial charge in [0.1, 0.15) is 23.3 Å². The van der Waals surface area contributed by atoms with Crippen LogP contribution in [-0.2, 0) is 0 Å². The first kappa shape index (κ1) is 16.0. The molecular weight excluding hydrogens is 313 g/mol. The third-order valence-corrected chi connectivity index (χ3v) is 4.00. The Morgan fingerprint density at radius 2 is 2.04 bits per heavy atom. The Morgan fingerprint density at radius 3 is 2.71 bits per heavy atom. The Kier molecular flexibility index (Phi) is 4.01. The van der Waals surface area contributed by atoms with E-state index in [0.29, 0.717) is 23.2 Å². The van der Waals surface area contributed by atoms with Crippen LogP contribution in [0.15, 0.2) is 18.2 Å². The topological polar surface area (TPSA) is 83.2 Å². The summed E-state index contributed by atoms with van der Waals surface area (Å²) in [5.41, 5.74) is 1.67. The van der Waals surface area contributed by atoms with E-state index in [4.69, 9.17) is 4.74 Å². The summed E-state index contributed by atoms with van der Waals surface area (Å²) in [6, 6.07) is 4.65. The maximum Gasteiger partial charge on any atom is 0.271 e. The summed E-state index contributed by atoms with van der Waals surface area (Å²) in [6.45, 7) is 3.92. The number of aromatic amines is 1. The molecule has 2 aromatic rings. The summed E-state index contributed by atoms with van der Waals surface area (Å²) >= 11 is 0. The summed E-state index contributed by atoms with van der Waals surface area (Å²) in [7, 11) is 1.49. The zero-order chi connectivity index (χ0) is 17.4. The number of fused-ring (bicyclic) bond motifs is 3. The number of aromatic nitrogens is 1. The molecule has 0 aliphatic carbocycles. The highest BCUT2D eigenvalue weighted by molar-refractivity contribution is 6.07. The second kappa shape index (κ2) is 5.99. The minimum atomic E-state index is -0.574. The normalized spacial score (nSPS) is 15.1. The summed E-state index contributed by atoms with van der Waals surface area (Å²) in [6.07, 6.45) is -0.574. The van der Waals surface area contributed by atoms with E-state index >= 15 is 0 Å². The molecule has 0 bridgehead atoms. The molecule has 3 rings (SSSR count). The number of hydrogen-bond donors (Lipinski definition) is 3. The molecule has 0 radical (unpaired) electrons. The van der Waals surface area contributed by atoms with Gasteiger partial charge in [-0.3, -0.25) is 9.59 Å². The lowest BCUT2D eigenvalue weighted by atomic mass is 9.92. The van der Waals surface area contributed by atoms with Gasteiger partial charge in [-0.25, -0.2) is 4.39 Å². The van der Waals surface area contributed by atoms with Crippen molar-refractivity contribution in [2.75, 3.05) is 13.6 Å². The minimum Gasteiger partial charge on any atom is -0.483 e. The van der Waals surface area contributed by atoms with Gasteiger partial charge in [-0.05, 0) is 25.5 Å². The number of rotatable bonds is 3. The molecule has 3 N–H and O–H groups in total. The van der Waals surface area contributed by atoms with Crippen molar-refractivity contribution < 1.29 is 18.7 Å². The number of ether oxygens (including phenoxy) is 1. The van der Waals surface area contributed by atoms with Gasteiger partial charge in [0.2, 0.25) is 0 Å². The molecule has 1 aliphatic heterocycles. The van der Waals surface area contributed by atoms with E-state index in [2.05, 4.69) is 15.6 Å². The van der Waals surface area contributed by atoms with Crippen LogP contribution in [0.3, 0.4) is 0 Å². The Labute approximate surface area is 138 Å². The van der Waals surface area contributed by atoms with Crippen LogP contribution in [0.4, 0.5) is 4.39 Å². The Balaban J connectivity index is 2.30. The number of hydrogen-bond acceptors (Lipinski definition) is 3. The van der Waals surface area contributed by atoms with Crippen LogP contribution >= 0.6 is 0 Å². The molecule has 1 unspecified atom stereocenters. The standard InChI is InChI=1S/C17H18FN3O3/c1-4-20-17(23)13-12-9-6-5-7-10(18)11(9)8(2)24-15(12)14(21-13)16(22)19-3/h5-8,21H,4H2,1-3H3,(H,19,22)(H,20,23). The third-order valence-electron chi connectivity index (χ3n) is 4.00. The van der Waals surface area contributed by atoms with Crippen LogP contribution in [0.2, 0.25) is 0 Å². The molecule has 0 saturated heterocycles. The average Bonchev–Trinajstić information content (AvgIpc) is 2.94. The molecule has 0 saturated carbocycles. The Hall–Kier alpha value is -2.83. The Bertz CT molecular complexity index is 829. The second-order valence-electron chi connectivity index (χ2n) is 5.48. The zero-order valence-electron chi connectivity index (χ0n) is 13.6. The van der Waals surface area contributed by atoms with Gasteiger partial charge < -0.3 is 20.4 Å². The lowest BCUT2D eigenvalue weighted by Crippen LogP contribution is -2.24. The van der Waals surface area contributed by atoms with E-state index < -0.39 is 17.8 Å². The molecule has 2 amide bonds. The summed E-state index contributed by atoms with van der Waals surface area (Å²) in [5, 5.41) is 5.20. The van der Waals surface area contributed by atoms with Gasteiger partial charge in [-0.1, -0.05) is 12.1 Å². The van der Waals surface area contributed by atoms with Crippen molar-refractivity contribution in [2.24, 2.45) is 0 Å². The fraction of sp³-hybridized carbons (Fsp3) is 0.294. The molecular formula is C17H18FN3O3. The van der Waals surface area contributed by atoms with Gasteiger partial charge in [-0.15, -0.1) is 0 Å². The molecule has 0 fully saturated rings. The summed E-state index contributed by atoms with van der Waals surface area (Å²) < 4.78 is 20.0. The number of carbonyl (C=O) groups excluding carboxylic acids is 2. The van der Waals surface area contributed by atoms with Crippen LogP contribution in [0.25, 0.3) is 11.1 Å². The van der Waals surface area contributed by atoms with Gasteiger partial charge in [0, 0.05) is 19.2 Å². The second-order valence-corrected chi connectivity index (χ2v) is 5.48. The van der Waals surface area contributed by atoms with Crippen molar-refractivity contribution in [3.63, 3.8) is 0 Å². The quantitative estimate of drug-likeness (QED) is 0.807. The molecule has 2 heterocycles. The van der Waals surface area contributed by atoms with Gasteiger partial charge in [-0.2, -0.15) is 0 Å². The molecule has 1 aromatic heterocycles. The number of nitrogens with one attached hydrogen (secondary N) is 3. The summed E-state index contributed by atoms with van der Waals surface area (Å²) in [4.78, 5) is 27.4. The highest BCUT2D eigenvalue weighted by atomic mass is 19.1. The van der Waals surface area contributed by atoms with Gasteiger partial charge in [0.05, 0.1) is 5.56 Å². The van der Waals surface area contributed by atoms with Crippen LogP contribution in [0.1, 0.15) is 46.5 Å². The maximum absolute atomic E-state index is 14.3. The average molecular weight is 331 g/mol. The predicted molar refractivity (Wildman–Crippen MR) is 86.6 cm³/mol. The molecule has 1 aromatic carbocycles. The first-order valence-corrected chi connectivity index (χ1v) is 7.71. The highest BCUT2D eigenvalue weighted by Gasteiger charge is 2.35. The van der Waals surface area contributed by atoms with E-state index in [9.17, 15) is 14.0 Å². The van der Waals surface area contributed by atoms with Gasteiger partial charge >= 0.3 is 0 Å². The molecule has 7 heteroatoms. The minimum absolute atomic E-state index is 0.149. The van der Waals surface area contributed by atoms with Crippen molar-refractivity contribution in [3.05, 3.63) is 41.0 Å². The van der Waals surface area contributed by atoms with Crippen molar-refractivity contribution in [1.82, 2.24) is 15.6 Å².